The van der Waals surface area contributed by atoms with Crippen LogP contribution in [0.1, 0.15) is 5.56 Å². The predicted octanol–water partition coefficient (Wildman–Crippen LogP) is 14.3. The second-order valence-electron chi connectivity index (χ2n) is 14.7. The van der Waals surface area contributed by atoms with Gasteiger partial charge in [0.15, 0.2) is 5.65 Å². The average Bonchev–Trinajstić information content (AvgIpc) is 3.83. The molecule has 9 aromatic carbocycles. The van der Waals surface area contributed by atoms with Crippen LogP contribution in [0.25, 0.3) is 113 Å². The van der Waals surface area contributed by atoms with E-state index >= 15 is 0 Å². The van der Waals surface area contributed by atoms with Gasteiger partial charge < -0.3 is 0 Å². The number of thiophene rings is 1. The lowest BCUT2D eigenvalue weighted by Gasteiger charge is -2.13. The zero-order valence-corrected chi connectivity index (χ0v) is 30.8. The molecule has 3 heterocycles. The van der Waals surface area contributed by atoms with E-state index in [2.05, 4.69) is 162 Å². The summed E-state index contributed by atoms with van der Waals surface area (Å²) in [6.45, 7) is 0. The van der Waals surface area contributed by atoms with Gasteiger partial charge in [-0.1, -0.05) is 127 Å². The first-order chi connectivity index (χ1) is 27.7. The Morgan fingerprint density at radius 3 is 1.70 bits per heavy atom. The summed E-state index contributed by atoms with van der Waals surface area (Å²) in [6.07, 6.45) is 0. The topological polar surface area (TPSA) is 41.1 Å². The third-order valence-corrected chi connectivity index (χ3v) is 12.7. The van der Waals surface area contributed by atoms with Crippen molar-refractivity contribution in [2.24, 2.45) is 0 Å². The van der Waals surface area contributed by atoms with E-state index in [1.54, 1.807) is 0 Å². The predicted molar refractivity (Wildman–Crippen MR) is 237 cm³/mol. The van der Waals surface area contributed by atoms with E-state index in [-0.39, 0.29) is 0 Å². The van der Waals surface area contributed by atoms with Crippen LogP contribution in [-0.2, 0) is 0 Å². The summed E-state index contributed by atoms with van der Waals surface area (Å²) in [4.78, 5) is 5.53. The standard InChI is InChI=1S/C52H29N3S/c53-30-31-13-15-32(16-14-31)40-22-23-41(43-12-6-5-11-42(40)43)33-17-19-34(20-18-33)48-29-46-45-27-37-9-3-4-10-38(37)28-49(45)56-51(46)52-54-50-44-26-36-8-2-1-7-35(36)25-39(44)21-24-47(50)55(48)52/h1-29H. The molecule has 0 fully saturated rings. The fourth-order valence-corrected chi connectivity index (χ4v) is 10.0. The van der Waals surface area contributed by atoms with Crippen molar-refractivity contribution < 1.29 is 0 Å². The summed E-state index contributed by atoms with van der Waals surface area (Å²) in [5.41, 5.74) is 10.7. The molecule has 0 amide bonds. The zero-order chi connectivity index (χ0) is 36.9. The van der Waals surface area contributed by atoms with Crippen LogP contribution in [0.15, 0.2) is 176 Å². The molecule has 3 aromatic heterocycles. The number of hydrogen-bond acceptors (Lipinski definition) is 3. The van der Waals surface area contributed by atoms with E-state index in [1.165, 1.54) is 68.8 Å². The molecule has 0 N–H and O–H groups in total. The zero-order valence-electron chi connectivity index (χ0n) is 30.0. The second-order valence-corrected chi connectivity index (χ2v) is 15.7. The highest BCUT2D eigenvalue weighted by Crippen LogP contribution is 2.44. The normalized spacial score (nSPS) is 11.9. The maximum absolute atomic E-state index is 9.34. The first-order valence-corrected chi connectivity index (χ1v) is 19.6. The number of pyridine rings is 1. The van der Waals surface area contributed by atoms with Gasteiger partial charge in [0.2, 0.25) is 0 Å². The molecule has 0 unspecified atom stereocenters. The van der Waals surface area contributed by atoms with Crippen molar-refractivity contribution in [1.29, 1.82) is 5.26 Å². The summed E-state index contributed by atoms with van der Waals surface area (Å²) < 4.78 is 4.86. The summed E-state index contributed by atoms with van der Waals surface area (Å²) in [7, 11) is 0. The van der Waals surface area contributed by atoms with Crippen LogP contribution in [-0.4, -0.2) is 9.38 Å². The molecule has 4 heteroatoms. The summed E-state index contributed by atoms with van der Waals surface area (Å²) in [5, 5.41) is 21.5. The lowest BCUT2D eigenvalue weighted by Crippen LogP contribution is -1.93. The number of fused-ring (bicyclic) bond motifs is 12. The molecule has 0 atom stereocenters. The van der Waals surface area contributed by atoms with Crippen LogP contribution in [0, 0.1) is 11.3 Å². The van der Waals surface area contributed by atoms with Gasteiger partial charge in [0, 0.05) is 20.9 Å². The Labute approximate surface area is 325 Å². The molecular formula is C52H29N3S. The van der Waals surface area contributed by atoms with E-state index < -0.39 is 0 Å². The molecule has 0 aliphatic rings. The van der Waals surface area contributed by atoms with E-state index in [9.17, 15) is 5.26 Å². The molecule has 0 aliphatic heterocycles. The third kappa shape index (κ3) is 4.59. The number of rotatable bonds is 3. The molecule has 3 nitrogen and oxygen atoms in total. The lowest BCUT2D eigenvalue weighted by atomic mass is 9.91. The number of nitrogens with zero attached hydrogens (tertiary/aromatic N) is 3. The Kier molecular flexibility index (Phi) is 6.57. The van der Waals surface area contributed by atoms with Crippen molar-refractivity contribution in [1.82, 2.24) is 9.38 Å². The fourth-order valence-electron chi connectivity index (χ4n) is 8.82. The third-order valence-electron chi connectivity index (χ3n) is 11.6. The molecule has 0 spiro atoms. The van der Waals surface area contributed by atoms with E-state index in [1.807, 2.05) is 35.6 Å². The van der Waals surface area contributed by atoms with Crippen molar-refractivity contribution in [3.63, 3.8) is 0 Å². The quantitative estimate of drug-likeness (QED) is 0.170. The molecule has 0 aliphatic carbocycles. The Bertz CT molecular complexity index is 3640. The molecule has 0 radical (unpaired) electrons. The van der Waals surface area contributed by atoms with Crippen LogP contribution < -0.4 is 0 Å². The van der Waals surface area contributed by atoms with Crippen LogP contribution in [0.4, 0.5) is 0 Å². The number of imidazole rings is 1. The SMILES string of the molecule is N#Cc1ccc(-c2ccc(-c3ccc(-c4cc5c6cc7ccccc7cc6sc5c5nc6c7cc8ccccc8cc7ccc6n45)cc3)c3ccccc23)cc1. The highest BCUT2D eigenvalue weighted by atomic mass is 32.1. The smallest absolute Gasteiger partial charge is 0.156 e. The molecule has 0 bridgehead atoms. The Morgan fingerprint density at radius 2 is 1.04 bits per heavy atom. The van der Waals surface area contributed by atoms with Gasteiger partial charge in [-0.25, -0.2) is 4.98 Å². The maximum Gasteiger partial charge on any atom is 0.156 e. The number of nitriles is 1. The highest BCUT2D eigenvalue weighted by molar-refractivity contribution is 7.26. The van der Waals surface area contributed by atoms with Gasteiger partial charge in [-0.2, -0.15) is 5.26 Å². The minimum absolute atomic E-state index is 0.664. The van der Waals surface area contributed by atoms with Crippen molar-refractivity contribution in [3.8, 4) is 39.6 Å². The van der Waals surface area contributed by atoms with Crippen LogP contribution >= 0.6 is 11.3 Å². The van der Waals surface area contributed by atoms with E-state index in [0.29, 0.717) is 5.56 Å². The van der Waals surface area contributed by atoms with Crippen molar-refractivity contribution in [2.45, 2.75) is 0 Å². The Morgan fingerprint density at radius 1 is 0.464 bits per heavy atom. The molecule has 12 aromatic rings. The summed E-state index contributed by atoms with van der Waals surface area (Å²) >= 11 is 1.84. The maximum atomic E-state index is 9.34. The van der Waals surface area contributed by atoms with Gasteiger partial charge in [-0.15, -0.1) is 11.3 Å². The number of benzene rings is 9. The van der Waals surface area contributed by atoms with Gasteiger partial charge >= 0.3 is 0 Å². The molecule has 0 saturated heterocycles. The molecule has 0 saturated carbocycles. The number of hydrogen-bond donors (Lipinski definition) is 0. The van der Waals surface area contributed by atoms with Crippen LogP contribution in [0.3, 0.4) is 0 Å². The van der Waals surface area contributed by atoms with Gasteiger partial charge in [-0.05, 0) is 114 Å². The second kappa shape index (κ2) is 11.8. The lowest BCUT2D eigenvalue weighted by molar-refractivity contribution is 1.25. The van der Waals surface area contributed by atoms with Crippen LogP contribution in [0.2, 0.25) is 0 Å². The first kappa shape index (κ1) is 31.1. The molecule has 258 valence electrons. The van der Waals surface area contributed by atoms with E-state index in [0.717, 1.165) is 44.6 Å². The Hall–Kier alpha value is -7.32. The first-order valence-electron chi connectivity index (χ1n) is 18.8. The van der Waals surface area contributed by atoms with Crippen molar-refractivity contribution in [3.05, 3.63) is 181 Å². The summed E-state index contributed by atoms with van der Waals surface area (Å²) in [5.74, 6) is 0. The van der Waals surface area contributed by atoms with Gasteiger partial charge in [0.25, 0.3) is 0 Å². The van der Waals surface area contributed by atoms with E-state index in [4.69, 9.17) is 4.98 Å². The van der Waals surface area contributed by atoms with Crippen molar-refractivity contribution in [2.75, 3.05) is 0 Å². The summed E-state index contributed by atoms with van der Waals surface area (Å²) in [6, 6.07) is 65.6. The molecule has 56 heavy (non-hydrogen) atoms. The largest absolute Gasteiger partial charge is 0.291 e. The Balaban J connectivity index is 1.08. The molecular weight excluding hydrogens is 699 g/mol. The fraction of sp³-hybridized carbons (Fsp3) is 0. The average molecular weight is 728 g/mol. The number of aromatic nitrogens is 2. The van der Waals surface area contributed by atoms with Crippen molar-refractivity contribution >= 4 is 91.3 Å². The van der Waals surface area contributed by atoms with Gasteiger partial charge in [0.05, 0.1) is 33.1 Å². The minimum atomic E-state index is 0.664. The molecule has 12 rings (SSSR count). The highest BCUT2D eigenvalue weighted by Gasteiger charge is 2.20. The van der Waals surface area contributed by atoms with Crippen LogP contribution in [0.5, 0.6) is 0 Å². The van der Waals surface area contributed by atoms with Gasteiger partial charge in [-0.3, -0.25) is 4.40 Å². The van der Waals surface area contributed by atoms with Gasteiger partial charge in [0.1, 0.15) is 0 Å². The monoisotopic (exact) mass is 727 g/mol. The minimum Gasteiger partial charge on any atom is -0.291 e.